The molecule has 2 aliphatic heterocycles. The van der Waals surface area contributed by atoms with Gasteiger partial charge in [0, 0.05) is 53.6 Å². The Bertz CT molecular complexity index is 1190. The number of thiophene rings is 1. The van der Waals surface area contributed by atoms with Crippen LogP contribution >= 0.6 is 11.3 Å². The molecule has 5 heteroatoms. The van der Waals surface area contributed by atoms with Gasteiger partial charge in [-0.2, -0.15) is 0 Å². The van der Waals surface area contributed by atoms with E-state index in [2.05, 4.69) is 66.4 Å². The molecule has 0 spiro atoms. The lowest BCUT2D eigenvalue weighted by Gasteiger charge is -2.32. The maximum Gasteiger partial charge on any atom is 0.120 e. The quantitative estimate of drug-likeness (QED) is 0.579. The van der Waals surface area contributed by atoms with Crippen LogP contribution in [0.1, 0.15) is 22.9 Å². The molecule has 3 heterocycles. The maximum atomic E-state index is 6.11. The van der Waals surface area contributed by atoms with E-state index in [1.165, 1.54) is 31.3 Å². The molecule has 1 saturated heterocycles. The van der Waals surface area contributed by atoms with Crippen molar-refractivity contribution in [1.82, 2.24) is 9.80 Å². The number of morpholine rings is 1. The normalized spacial score (nSPS) is 18.9. The van der Waals surface area contributed by atoms with E-state index in [1.807, 2.05) is 35.6 Å². The van der Waals surface area contributed by atoms with Crippen molar-refractivity contribution in [2.45, 2.75) is 26.1 Å². The molecule has 166 valence electrons. The number of ether oxygens (including phenoxy) is 2. The fourth-order valence-corrected chi connectivity index (χ4v) is 5.62. The van der Waals surface area contributed by atoms with E-state index in [1.54, 1.807) is 0 Å². The van der Waals surface area contributed by atoms with Crippen molar-refractivity contribution in [3.8, 4) is 5.75 Å². The van der Waals surface area contributed by atoms with Crippen molar-refractivity contribution in [1.29, 1.82) is 0 Å². The predicted octanol–water partition coefficient (Wildman–Crippen LogP) is 3.43. The number of nitrogens with zero attached hydrogens (tertiary/aromatic N) is 2. The van der Waals surface area contributed by atoms with Crippen LogP contribution in [0, 0.1) is 0 Å². The summed E-state index contributed by atoms with van der Waals surface area (Å²) < 4.78 is 13.1. The SMILES string of the molecule is C[C@H]1COCCN1Cc1cc2c(s1)=C(c1cccc(OCc3ccccc3)c1)CN(C)C=2. The number of fused-ring (bicyclic) bond motifs is 1. The fraction of sp³-hybridized carbons (Fsp3) is 0.333. The van der Waals surface area contributed by atoms with Gasteiger partial charge in [-0.05, 0) is 41.8 Å². The Hall–Kier alpha value is -2.60. The molecular weight excluding hydrogens is 416 g/mol. The molecule has 0 bridgehead atoms. The van der Waals surface area contributed by atoms with E-state index in [4.69, 9.17) is 9.47 Å². The van der Waals surface area contributed by atoms with E-state index in [0.717, 1.165) is 38.6 Å². The van der Waals surface area contributed by atoms with Crippen LogP contribution in [0.4, 0.5) is 0 Å². The van der Waals surface area contributed by atoms with Gasteiger partial charge in [0.05, 0.1) is 13.2 Å². The first-order valence-electron chi connectivity index (χ1n) is 11.3. The van der Waals surface area contributed by atoms with Gasteiger partial charge in [-0.3, -0.25) is 4.90 Å². The second-order valence-corrected chi connectivity index (χ2v) is 9.85. The molecule has 2 aliphatic rings. The molecule has 0 unspecified atom stereocenters. The van der Waals surface area contributed by atoms with Crippen LogP contribution in [-0.4, -0.2) is 49.2 Å². The van der Waals surface area contributed by atoms with E-state index < -0.39 is 0 Å². The standard InChI is InChI=1S/C27H30N2O2S/c1-20-18-30-12-11-29(20)16-25-14-23-15-28(2)17-26(27(23)32-25)22-9-6-10-24(13-22)31-19-21-7-4-3-5-8-21/h3-10,13-15,20H,11-12,16-19H2,1-2H3/t20-/m0/s1. The minimum atomic E-state index is 0.469. The molecule has 4 nitrogen and oxygen atoms in total. The Morgan fingerprint density at radius 1 is 1.09 bits per heavy atom. The van der Waals surface area contributed by atoms with Gasteiger partial charge in [0.2, 0.25) is 0 Å². The molecule has 5 rings (SSSR count). The van der Waals surface area contributed by atoms with Crippen LogP contribution in [0.3, 0.4) is 0 Å². The molecule has 0 saturated carbocycles. The van der Waals surface area contributed by atoms with Gasteiger partial charge < -0.3 is 14.4 Å². The van der Waals surface area contributed by atoms with Crippen molar-refractivity contribution >= 4 is 23.1 Å². The van der Waals surface area contributed by atoms with Crippen LogP contribution < -0.4 is 14.5 Å². The Morgan fingerprint density at radius 2 is 1.97 bits per heavy atom. The molecule has 0 N–H and O–H groups in total. The van der Waals surface area contributed by atoms with Crippen LogP contribution in [0.15, 0.2) is 60.7 Å². The third-order valence-electron chi connectivity index (χ3n) is 6.15. The summed E-state index contributed by atoms with van der Waals surface area (Å²) in [4.78, 5) is 6.23. The monoisotopic (exact) mass is 446 g/mol. The maximum absolute atomic E-state index is 6.11. The summed E-state index contributed by atoms with van der Waals surface area (Å²) in [7, 11) is 2.15. The third kappa shape index (κ3) is 4.75. The lowest BCUT2D eigenvalue weighted by Crippen LogP contribution is -2.42. The highest BCUT2D eigenvalue weighted by Crippen LogP contribution is 2.22. The molecule has 3 aromatic rings. The molecule has 0 aliphatic carbocycles. The van der Waals surface area contributed by atoms with Gasteiger partial charge in [0.1, 0.15) is 12.4 Å². The molecule has 1 atom stereocenters. The van der Waals surface area contributed by atoms with Gasteiger partial charge >= 0.3 is 0 Å². The van der Waals surface area contributed by atoms with Crippen LogP contribution in [0.2, 0.25) is 0 Å². The Morgan fingerprint density at radius 3 is 2.81 bits per heavy atom. The average molecular weight is 447 g/mol. The first-order valence-corrected chi connectivity index (χ1v) is 12.1. The topological polar surface area (TPSA) is 24.9 Å². The number of likely N-dealkylation sites (N-methyl/N-ethyl adjacent to an activating group) is 1. The van der Waals surface area contributed by atoms with Crippen molar-refractivity contribution in [3.63, 3.8) is 0 Å². The van der Waals surface area contributed by atoms with Gasteiger partial charge in [-0.15, -0.1) is 11.3 Å². The summed E-state index contributed by atoms with van der Waals surface area (Å²) in [5.41, 5.74) is 3.80. The smallest absolute Gasteiger partial charge is 0.120 e. The van der Waals surface area contributed by atoms with E-state index in [-0.39, 0.29) is 0 Å². The second kappa shape index (κ2) is 9.49. The molecule has 32 heavy (non-hydrogen) atoms. The largest absolute Gasteiger partial charge is 0.489 e. The predicted molar refractivity (Wildman–Crippen MR) is 131 cm³/mol. The Balaban J connectivity index is 1.43. The Kier molecular flexibility index (Phi) is 6.30. The first-order chi connectivity index (χ1) is 15.7. The van der Waals surface area contributed by atoms with Gasteiger partial charge in [-0.1, -0.05) is 42.5 Å². The zero-order valence-electron chi connectivity index (χ0n) is 18.8. The number of hydrogen-bond donors (Lipinski definition) is 0. The zero-order chi connectivity index (χ0) is 21.9. The lowest BCUT2D eigenvalue weighted by atomic mass is 10.0. The summed E-state index contributed by atoms with van der Waals surface area (Å²) in [6.45, 7) is 7.40. The minimum absolute atomic E-state index is 0.469. The fourth-order valence-electron chi connectivity index (χ4n) is 4.41. The van der Waals surface area contributed by atoms with Crippen LogP contribution in [0.25, 0.3) is 11.8 Å². The molecule has 0 amide bonds. The summed E-state index contributed by atoms with van der Waals surface area (Å²) >= 11 is 1.93. The molecule has 1 aromatic heterocycles. The van der Waals surface area contributed by atoms with Crippen molar-refractivity contribution < 1.29 is 9.47 Å². The van der Waals surface area contributed by atoms with Gasteiger partial charge in [0.25, 0.3) is 0 Å². The lowest BCUT2D eigenvalue weighted by molar-refractivity contribution is -0.00391. The van der Waals surface area contributed by atoms with E-state index in [9.17, 15) is 0 Å². The highest BCUT2D eigenvalue weighted by molar-refractivity contribution is 7.10. The average Bonchev–Trinajstić information content (AvgIpc) is 3.22. The minimum Gasteiger partial charge on any atom is -0.489 e. The zero-order valence-corrected chi connectivity index (χ0v) is 19.6. The summed E-state index contributed by atoms with van der Waals surface area (Å²) in [6.07, 6.45) is 2.28. The summed E-state index contributed by atoms with van der Waals surface area (Å²) in [5, 5.41) is 1.32. The molecule has 2 aromatic carbocycles. The van der Waals surface area contributed by atoms with Crippen LogP contribution in [-0.2, 0) is 17.9 Å². The number of hydrogen-bond acceptors (Lipinski definition) is 5. The molecule has 0 radical (unpaired) electrons. The highest BCUT2D eigenvalue weighted by atomic mass is 32.1. The first kappa shape index (κ1) is 21.3. The second-order valence-electron chi connectivity index (χ2n) is 8.72. The summed E-state index contributed by atoms with van der Waals surface area (Å²) in [6, 6.07) is 21.7. The summed E-state index contributed by atoms with van der Waals surface area (Å²) in [5.74, 6) is 0.913. The number of rotatable bonds is 6. The van der Waals surface area contributed by atoms with Crippen LogP contribution in [0.5, 0.6) is 5.75 Å². The van der Waals surface area contributed by atoms with Crippen molar-refractivity contribution in [3.05, 3.63) is 86.4 Å². The molecular formula is C27H30N2O2S. The number of benzene rings is 2. The van der Waals surface area contributed by atoms with Crippen molar-refractivity contribution in [2.75, 3.05) is 33.4 Å². The van der Waals surface area contributed by atoms with Gasteiger partial charge in [-0.25, -0.2) is 0 Å². The van der Waals surface area contributed by atoms with E-state index in [0.29, 0.717) is 12.6 Å². The third-order valence-corrected chi connectivity index (χ3v) is 7.34. The molecule has 1 fully saturated rings. The van der Waals surface area contributed by atoms with Crippen molar-refractivity contribution in [2.24, 2.45) is 0 Å². The van der Waals surface area contributed by atoms with Gasteiger partial charge in [0.15, 0.2) is 0 Å². The Labute approximate surface area is 194 Å². The highest BCUT2D eigenvalue weighted by Gasteiger charge is 2.20. The van der Waals surface area contributed by atoms with E-state index >= 15 is 0 Å².